The van der Waals surface area contributed by atoms with Crippen LogP contribution in [0.25, 0.3) is 0 Å². The molecule has 1 heterocycles. The molecule has 1 saturated heterocycles. The maximum absolute atomic E-state index is 5.54. The van der Waals surface area contributed by atoms with Gasteiger partial charge in [-0.2, -0.15) is 0 Å². The van der Waals surface area contributed by atoms with Gasteiger partial charge in [0.2, 0.25) is 0 Å². The molecule has 1 rings (SSSR count). The van der Waals surface area contributed by atoms with Crippen LogP contribution in [0.2, 0.25) is 0 Å². The molecule has 1 unspecified atom stereocenters. The van der Waals surface area contributed by atoms with Crippen LogP contribution in [-0.2, 0) is 4.74 Å². The minimum absolute atomic E-state index is 0.381. The van der Waals surface area contributed by atoms with E-state index in [2.05, 4.69) is 24.1 Å². The Bertz CT molecular complexity index is 173. The third-order valence-corrected chi connectivity index (χ3v) is 3.18. The molecule has 3 nitrogen and oxygen atoms in total. The van der Waals surface area contributed by atoms with Gasteiger partial charge in [0.25, 0.3) is 0 Å². The number of unbranched alkanes of at least 4 members (excludes halogenated alkanes) is 1. The Morgan fingerprint density at radius 2 is 2.19 bits per heavy atom. The van der Waals surface area contributed by atoms with Crippen LogP contribution in [-0.4, -0.2) is 50.8 Å². The molecule has 0 aromatic heterocycles. The van der Waals surface area contributed by atoms with Gasteiger partial charge in [0.05, 0.1) is 6.10 Å². The van der Waals surface area contributed by atoms with E-state index < -0.39 is 0 Å². The molecule has 1 atom stereocenters. The molecular formula is C13H28N2O. The van der Waals surface area contributed by atoms with Crippen molar-refractivity contribution < 1.29 is 4.74 Å². The van der Waals surface area contributed by atoms with E-state index >= 15 is 0 Å². The summed E-state index contributed by atoms with van der Waals surface area (Å²) in [6, 6.07) is 0. The number of nitrogens with zero attached hydrogens (tertiary/aromatic N) is 1. The van der Waals surface area contributed by atoms with Gasteiger partial charge in [-0.25, -0.2) is 0 Å². The highest BCUT2D eigenvalue weighted by atomic mass is 16.5. The lowest BCUT2D eigenvalue weighted by atomic mass is 10.1. The molecule has 0 amide bonds. The Morgan fingerprint density at radius 3 is 2.88 bits per heavy atom. The summed E-state index contributed by atoms with van der Waals surface area (Å²) in [5.74, 6) is 0.872. The quantitative estimate of drug-likeness (QED) is 0.640. The molecule has 1 fully saturated rings. The maximum atomic E-state index is 5.54. The van der Waals surface area contributed by atoms with E-state index in [1.165, 1.54) is 45.4 Å². The zero-order valence-corrected chi connectivity index (χ0v) is 11.2. The number of nitrogens with one attached hydrogen (secondary N) is 1. The second-order valence-electron chi connectivity index (χ2n) is 5.14. The Balaban J connectivity index is 1.94. The van der Waals surface area contributed by atoms with Crippen molar-refractivity contribution in [3.63, 3.8) is 0 Å². The summed E-state index contributed by atoms with van der Waals surface area (Å²) in [6.07, 6.45) is 4.22. The molecule has 0 saturated carbocycles. The van der Waals surface area contributed by atoms with Gasteiger partial charge in [-0.3, -0.25) is 0 Å². The molecule has 96 valence electrons. The second kappa shape index (κ2) is 8.04. The molecule has 0 radical (unpaired) electrons. The predicted molar refractivity (Wildman–Crippen MR) is 68.8 cm³/mol. The average Bonchev–Trinajstić information content (AvgIpc) is 2.65. The highest BCUT2D eigenvalue weighted by Gasteiger charge is 2.20. The predicted octanol–water partition coefficient (Wildman–Crippen LogP) is 1.73. The molecule has 0 bridgehead atoms. The monoisotopic (exact) mass is 228 g/mol. The summed E-state index contributed by atoms with van der Waals surface area (Å²) in [5.41, 5.74) is 0. The lowest BCUT2D eigenvalue weighted by molar-refractivity contribution is 0.0746. The summed E-state index contributed by atoms with van der Waals surface area (Å²) in [6.45, 7) is 10.1. The van der Waals surface area contributed by atoms with E-state index in [9.17, 15) is 0 Å². The molecule has 0 aromatic rings. The first kappa shape index (κ1) is 13.9. The first-order valence-electron chi connectivity index (χ1n) is 6.71. The van der Waals surface area contributed by atoms with Gasteiger partial charge >= 0.3 is 0 Å². The summed E-state index contributed by atoms with van der Waals surface area (Å²) < 4.78 is 5.54. The Labute approximate surface area is 101 Å². The minimum atomic E-state index is 0.381. The highest BCUT2D eigenvalue weighted by Crippen LogP contribution is 2.15. The van der Waals surface area contributed by atoms with Crippen LogP contribution in [0.3, 0.4) is 0 Å². The Morgan fingerprint density at radius 1 is 1.38 bits per heavy atom. The highest BCUT2D eigenvalue weighted by molar-refractivity contribution is 4.76. The summed E-state index contributed by atoms with van der Waals surface area (Å²) in [5, 5.41) is 3.27. The van der Waals surface area contributed by atoms with Crippen LogP contribution in [0.1, 0.15) is 33.1 Å². The van der Waals surface area contributed by atoms with Crippen LogP contribution < -0.4 is 5.32 Å². The summed E-state index contributed by atoms with van der Waals surface area (Å²) in [4.78, 5) is 2.59. The van der Waals surface area contributed by atoms with Gasteiger partial charge in [-0.1, -0.05) is 0 Å². The fourth-order valence-corrected chi connectivity index (χ4v) is 2.33. The van der Waals surface area contributed by atoms with E-state index in [0.717, 1.165) is 12.5 Å². The van der Waals surface area contributed by atoms with Crippen molar-refractivity contribution in [2.24, 2.45) is 5.92 Å². The van der Waals surface area contributed by atoms with E-state index in [0.29, 0.717) is 6.10 Å². The molecule has 1 aliphatic rings. The van der Waals surface area contributed by atoms with Crippen LogP contribution in [0.5, 0.6) is 0 Å². The van der Waals surface area contributed by atoms with Crippen LogP contribution in [0, 0.1) is 5.92 Å². The lowest BCUT2D eigenvalue weighted by Gasteiger charge is -2.16. The first-order chi connectivity index (χ1) is 7.72. The van der Waals surface area contributed by atoms with Gasteiger partial charge in [-0.05, 0) is 65.7 Å². The van der Waals surface area contributed by atoms with Crippen molar-refractivity contribution in [3.8, 4) is 0 Å². The summed E-state index contributed by atoms with van der Waals surface area (Å²) in [7, 11) is 2.05. The van der Waals surface area contributed by atoms with Crippen molar-refractivity contribution in [2.45, 2.75) is 39.2 Å². The number of hydrogen-bond acceptors (Lipinski definition) is 3. The van der Waals surface area contributed by atoms with Crippen molar-refractivity contribution in [3.05, 3.63) is 0 Å². The molecule has 3 heteroatoms. The zero-order chi connectivity index (χ0) is 11.8. The van der Waals surface area contributed by atoms with Gasteiger partial charge in [0.1, 0.15) is 0 Å². The van der Waals surface area contributed by atoms with Crippen LogP contribution in [0.15, 0.2) is 0 Å². The first-order valence-corrected chi connectivity index (χ1v) is 6.71. The van der Waals surface area contributed by atoms with Gasteiger partial charge in [0, 0.05) is 13.2 Å². The molecule has 1 N–H and O–H groups in total. The Hall–Kier alpha value is -0.120. The van der Waals surface area contributed by atoms with Gasteiger partial charge < -0.3 is 15.0 Å². The van der Waals surface area contributed by atoms with E-state index in [1.54, 1.807) is 0 Å². The third kappa shape index (κ3) is 5.83. The number of ether oxygens (including phenoxy) is 1. The van der Waals surface area contributed by atoms with Gasteiger partial charge in [0.15, 0.2) is 0 Å². The minimum Gasteiger partial charge on any atom is -0.379 e. The molecule has 16 heavy (non-hydrogen) atoms. The number of rotatable bonds is 8. The summed E-state index contributed by atoms with van der Waals surface area (Å²) >= 11 is 0. The van der Waals surface area contributed by atoms with E-state index in [1.807, 2.05) is 7.05 Å². The topological polar surface area (TPSA) is 24.5 Å². The van der Waals surface area contributed by atoms with Crippen LogP contribution in [0.4, 0.5) is 0 Å². The van der Waals surface area contributed by atoms with Crippen molar-refractivity contribution in [1.82, 2.24) is 10.2 Å². The van der Waals surface area contributed by atoms with E-state index in [4.69, 9.17) is 4.74 Å². The molecule has 0 aromatic carbocycles. The van der Waals surface area contributed by atoms with Crippen molar-refractivity contribution in [1.29, 1.82) is 0 Å². The van der Waals surface area contributed by atoms with E-state index in [-0.39, 0.29) is 0 Å². The zero-order valence-electron chi connectivity index (χ0n) is 11.2. The smallest absolute Gasteiger partial charge is 0.0518 e. The third-order valence-electron chi connectivity index (χ3n) is 3.18. The second-order valence-corrected chi connectivity index (χ2v) is 5.14. The fourth-order valence-electron chi connectivity index (χ4n) is 2.33. The standard InChI is InChI=1S/C13H28N2O/c1-12(2)16-9-5-4-7-15-8-6-13(11-15)10-14-3/h12-14H,4-11H2,1-3H3. The maximum Gasteiger partial charge on any atom is 0.0518 e. The Kier molecular flexibility index (Phi) is 7.01. The average molecular weight is 228 g/mol. The SMILES string of the molecule is CNCC1CCN(CCCCOC(C)C)C1. The number of hydrogen-bond donors (Lipinski definition) is 1. The largest absolute Gasteiger partial charge is 0.379 e. The van der Waals surface area contributed by atoms with Crippen molar-refractivity contribution >= 4 is 0 Å². The lowest BCUT2D eigenvalue weighted by Crippen LogP contribution is -2.25. The van der Waals surface area contributed by atoms with Gasteiger partial charge in [-0.15, -0.1) is 0 Å². The van der Waals surface area contributed by atoms with Crippen molar-refractivity contribution in [2.75, 3.05) is 39.8 Å². The molecular weight excluding hydrogens is 200 g/mol. The fraction of sp³-hybridized carbons (Fsp3) is 1.00. The number of likely N-dealkylation sites (tertiary alicyclic amines) is 1. The molecule has 0 aliphatic carbocycles. The molecule has 1 aliphatic heterocycles. The normalized spacial score (nSPS) is 22.1. The van der Waals surface area contributed by atoms with Crippen LogP contribution >= 0.6 is 0 Å². The molecule has 0 spiro atoms.